The van der Waals surface area contributed by atoms with Gasteiger partial charge in [-0.2, -0.15) is 5.10 Å². The molecule has 2 N–H and O–H groups in total. The van der Waals surface area contributed by atoms with E-state index in [2.05, 4.69) is 19.9 Å². The van der Waals surface area contributed by atoms with Gasteiger partial charge in [0.25, 0.3) is 0 Å². The number of ether oxygens (including phenoxy) is 2. The molecule has 1 unspecified atom stereocenters. The highest BCUT2D eigenvalue weighted by Gasteiger charge is 2.33. The molecule has 0 spiro atoms. The van der Waals surface area contributed by atoms with E-state index >= 15 is 0 Å². The summed E-state index contributed by atoms with van der Waals surface area (Å²) in [6.45, 7) is 1.86. The summed E-state index contributed by atoms with van der Waals surface area (Å²) >= 11 is 0. The number of nitrogens with zero attached hydrogens (tertiary/aromatic N) is 2. The van der Waals surface area contributed by atoms with Gasteiger partial charge in [0.2, 0.25) is 0 Å². The minimum Gasteiger partial charge on any atom is -0.464 e. The molecule has 120 valence electrons. The Kier molecular flexibility index (Phi) is 4.12. The second-order valence-electron chi connectivity index (χ2n) is 5.08. The van der Waals surface area contributed by atoms with Crippen LogP contribution >= 0.6 is 0 Å². The molecule has 22 heavy (non-hydrogen) atoms. The van der Waals surface area contributed by atoms with Gasteiger partial charge in [0.1, 0.15) is 5.69 Å². The van der Waals surface area contributed by atoms with Crippen LogP contribution in [0.1, 0.15) is 23.3 Å². The average molecular weight is 328 g/mol. The van der Waals surface area contributed by atoms with Crippen molar-refractivity contribution in [2.24, 2.45) is 5.92 Å². The zero-order chi connectivity index (χ0) is 15.7. The molecule has 2 aliphatic rings. The van der Waals surface area contributed by atoms with Gasteiger partial charge in [0, 0.05) is 19.8 Å². The number of rotatable bonds is 3. The van der Waals surface area contributed by atoms with Gasteiger partial charge >= 0.3 is 12.0 Å². The molecule has 0 radical (unpaired) electrons. The van der Waals surface area contributed by atoms with Crippen LogP contribution in [0, 0.1) is 5.92 Å². The van der Waals surface area contributed by atoms with Crippen LogP contribution in [0.15, 0.2) is 5.03 Å². The molecule has 3 heterocycles. The number of carbonyl (C=O) groups is 2. The van der Waals surface area contributed by atoms with E-state index < -0.39 is 23.0 Å². The van der Waals surface area contributed by atoms with E-state index in [0.717, 1.165) is 12.8 Å². The lowest BCUT2D eigenvalue weighted by Crippen LogP contribution is -2.37. The SMILES string of the molecule is COC(=O)c1nn(CC2CCOCC2)c2c1NC(=O)NS2=O. The van der Waals surface area contributed by atoms with E-state index in [1.807, 2.05) is 0 Å². The van der Waals surface area contributed by atoms with Crippen LogP contribution in [0.4, 0.5) is 10.5 Å². The Bertz CT molecular complexity index is 638. The fourth-order valence-electron chi connectivity index (χ4n) is 2.56. The topological polar surface area (TPSA) is 112 Å². The van der Waals surface area contributed by atoms with Crippen molar-refractivity contribution >= 4 is 28.7 Å². The van der Waals surface area contributed by atoms with E-state index in [9.17, 15) is 13.8 Å². The first-order valence-corrected chi connectivity index (χ1v) is 8.01. The number of hydrogen-bond donors (Lipinski definition) is 2. The summed E-state index contributed by atoms with van der Waals surface area (Å²) in [5.41, 5.74) is 0.119. The average Bonchev–Trinajstić information content (AvgIpc) is 2.86. The Morgan fingerprint density at radius 1 is 1.50 bits per heavy atom. The first kappa shape index (κ1) is 15.0. The zero-order valence-corrected chi connectivity index (χ0v) is 12.8. The first-order valence-electron chi connectivity index (χ1n) is 6.86. The predicted octanol–water partition coefficient (Wildman–Crippen LogP) is 0.254. The van der Waals surface area contributed by atoms with Crippen LogP contribution < -0.4 is 10.0 Å². The number of fused-ring (bicyclic) bond motifs is 1. The Hall–Kier alpha value is -1.94. The molecular weight excluding hydrogens is 312 g/mol. The fourth-order valence-corrected chi connectivity index (χ4v) is 3.51. The standard InChI is InChI=1S/C12H16N4O5S/c1-20-11(17)9-8-10(22(19)15-12(18)13-8)16(14-9)6-7-2-4-21-5-3-7/h7H,2-6H2,1H3,(H2,13,15,18). The van der Waals surface area contributed by atoms with Gasteiger partial charge in [-0.25, -0.2) is 13.8 Å². The minimum atomic E-state index is -1.76. The van der Waals surface area contributed by atoms with Crippen LogP contribution in [-0.4, -0.2) is 46.3 Å². The number of carbonyl (C=O) groups excluding carboxylic acids is 2. The number of nitrogens with one attached hydrogen (secondary N) is 2. The minimum absolute atomic E-state index is 0.0345. The molecule has 9 nitrogen and oxygen atoms in total. The molecule has 10 heteroatoms. The van der Waals surface area contributed by atoms with Crippen molar-refractivity contribution < 1.29 is 23.3 Å². The van der Waals surface area contributed by atoms with Gasteiger partial charge in [-0.1, -0.05) is 0 Å². The van der Waals surface area contributed by atoms with Crippen LogP contribution in [-0.2, 0) is 27.0 Å². The number of anilines is 1. The fraction of sp³-hybridized carbons (Fsp3) is 0.583. The van der Waals surface area contributed by atoms with Crippen molar-refractivity contribution in [2.45, 2.75) is 24.4 Å². The molecule has 0 aromatic carbocycles. The Balaban J connectivity index is 1.97. The number of aromatic nitrogens is 2. The number of hydrogen-bond acceptors (Lipinski definition) is 6. The number of urea groups is 1. The summed E-state index contributed by atoms with van der Waals surface area (Å²) in [6.07, 6.45) is 1.74. The van der Waals surface area contributed by atoms with Crippen LogP contribution in [0.25, 0.3) is 0 Å². The molecular formula is C12H16N4O5S. The van der Waals surface area contributed by atoms with Crippen molar-refractivity contribution in [3.05, 3.63) is 5.69 Å². The van der Waals surface area contributed by atoms with Gasteiger partial charge in [-0.15, -0.1) is 0 Å². The summed E-state index contributed by atoms with van der Waals surface area (Å²) in [6, 6.07) is -0.637. The van der Waals surface area contributed by atoms with Gasteiger partial charge in [0.15, 0.2) is 21.7 Å². The highest BCUT2D eigenvalue weighted by molar-refractivity contribution is 7.83. The molecule has 1 aromatic heterocycles. The van der Waals surface area contributed by atoms with Crippen molar-refractivity contribution in [3.8, 4) is 0 Å². The van der Waals surface area contributed by atoms with Crippen LogP contribution in [0.5, 0.6) is 0 Å². The molecule has 0 bridgehead atoms. The smallest absolute Gasteiger partial charge is 0.360 e. The van der Waals surface area contributed by atoms with Gasteiger partial charge in [-0.3, -0.25) is 9.40 Å². The summed E-state index contributed by atoms with van der Waals surface area (Å²) in [5.74, 6) is -0.362. The molecule has 3 rings (SSSR count). The third kappa shape index (κ3) is 2.71. The Labute approximate surface area is 128 Å². The van der Waals surface area contributed by atoms with E-state index in [-0.39, 0.29) is 16.4 Å². The maximum Gasteiger partial charge on any atom is 0.360 e. The molecule has 1 saturated heterocycles. The van der Waals surface area contributed by atoms with Crippen molar-refractivity contribution in [1.29, 1.82) is 0 Å². The number of methoxy groups -OCH3 is 1. The molecule has 2 amide bonds. The summed E-state index contributed by atoms with van der Waals surface area (Å²) in [5, 5.41) is 6.96. The quantitative estimate of drug-likeness (QED) is 0.770. The van der Waals surface area contributed by atoms with E-state index in [4.69, 9.17) is 4.74 Å². The van der Waals surface area contributed by atoms with E-state index in [0.29, 0.717) is 25.7 Å². The molecule has 0 saturated carbocycles. The normalized spacial score (nSPS) is 21.7. The molecule has 1 aromatic rings. The second kappa shape index (κ2) is 6.05. The summed E-state index contributed by atoms with van der Waals surface area (Å²) in [4.78, 5) is 23.3. The molecule has 1 atom stereocenters. The van der Waals surface area contributed by atoms with E-state index in [1.54, 1.807) is 0 Å². The number of amides is 2. The lowest BCUT2D eigenvalue weighted by Gasteiger charge is -2.23. The van der Waals surface area contributed by atoms with E-state index in [1.165, 1.54) is 11.8 Å². The third-order valence-corrected chi connectivity index (χ3v) is 4.79. The second-order valence-corrected chi connectivity index (χ2v) is 6.21. The van der Waals surface area contributed by atoms with Crippen LogP contribution in [0.2, 0.25) is 0 Å². The van der Waals surface area contributed by atoms with Gasteiger partial charge < -0.3 is 14.8 Å². The molecule has 1 fully saturated rings. The lowest BCUT2D eigenvalue weighted by atomic mass is 10.0. The van der Waals surface area contributed by atoms with Crippen molar-refractivity contribution in [2.75, 3.05) is 25.6 Å². The highest BCUT2D eigenvalue weighted by Crippen LogP contribution is 2.29. The highest BCUT2D eigenvalue weighted by atomic mass is 32.2. The Morgan fingerprint density at radius 3 is 2.91 bits per heavy atom. The first-order chi connectivity index (χ1) is 10.6. The van der Waals surface area contributed by atoms with Crippen molar-refractivity contribution in [3.63, 3.8) is 0 Å². The zero-order valence-electron chi connectivity index (χ0n) is 12.0. The monoisotopic (exact) mass is 328 g/mol. The predicted molar refractivity (Wildman–Crippen MR) is 75.7 cm³/mol. The van der Waals surface area contributed by atoms with Gasteiger partial charge in [0.05, 0.1) is 7.11 Å². The number of esters is 1. The van der Waals surface area contributed by atoms with Gasteiger partial charge in [-0.05, 0) is 18.8 Å². The largest absolute Gasteiger partial charge is 0.464 e. The molecule has 2 aliphatic heterocycles. The van der Waals surface area contributed by atoms with Crippen LogP contribution in [0.3, 0.4) is 0 Å². The summed E-state index contributed by atoms with van der Waals surface area (Å²) < 4.78 is 25.9. The third-order valence-electron chi connectivity index (χ3n) is 3.66. The summed E-state index contributed by atoms with van der Waals surface area (Å²) in [7, 11) is -0.531. The lowest BCUT2D eigenvalue weighted by molar-refractivity contribution is 0.0571. The maximum absolute atomic E-state index is 12.2. The maximum atomic E-state index is 12.2. The van der Waals surface area contributed by atoms with Crippen molar-refractivity contribution in [1.82, 2.24) is 14.5 Å². The molecule has 0 aliphatic carbocycles. The Morgan fingerprint density at radius 2 is 2.23 bits per heavy atom.